The highest BCUT2D eigenvalue weighted by Crippen LogP contribution is 2.33. The van der Waals surface area contributed by atoms with E-state index in [9.17, 15) is 9.18 Å². The molecule has 0 spiro atoms. The molecule has 0 atom stereocenters. The number of aromatic carboxylic acids is 1. The Morgan fingerprint density at radius 1 is 1.16 bits per heavy atom. The molecule has 0 radical (unpaired) electrons. The molecule has 0 aliphatic heterocycles. The Balaban J connectivity index is 2.62. The van der Waals surface area contributed by atoms with Gasteiger partial charge in [-0.25, -0.2) is 9.18 Å². The molecule has 0 saturated heterocycles. The molecule has 0 unspecified atom stereocenters. The largest absolute Gasteiger partial charge is 0.496 e. The van der Waals surface area contributed by atoms with Crippen LogP contribution in [0.3, 0.4) is 0 Å². The topological polar surface area (TPSA) is 46.5 Å². The Kier molecular flexibility index (Phi) is 3.51. The van der Waals surface area contributed by atoms with Crippen molar-refractivity contribution in [2.45, 2.75) is 6.92 Å². The lowest BCUT2D eigenvalue weighted by Crippen LogP contribution is -1.98. The van der Waals surface area contributed by atoms with Gasteiger partial charge in [0.05, 0.1) is 12.7 Å². The molecule has 0 amide bonds. The van der Waals surface area contributed by atoms with Crippen LogP contribution in [0.2, 0.25) is 0 Å². The molecule has 2 rings (SSSR count). The van der Waals surface area contributed by atoms with Crippen molar-refractivity contribution in [1.82, 2.24) is 0 Å². The van der Waals surface area contributed by atoms with E-state index in [0.717, 1.165) is 5.56 Å². The summed E-state index contributed by atoms with van der Waals surface area (Å²) in [4.78, 5) is 10.9. The van der Waals surface area contributed by atoms with E-state index < -0.39 is 5.97 Å². The second-order valence-electron chi connectivity index (χ2n) is 4.20. The molecule has 2 aromatic rings. The predicted octanol–water partition coefficient (Wildman–Crippen LogP) is 3.51. The fourth-order valence-electron chi connectivity index (χ4n) is 1.89. The van der Waals surface area contributed by atoms with Crippen LogP contribution in [0, 0.1) is 12.7 Å². The first-order valence-electron chi connectivity index (χ1n) is 5.71. The van der Waals surface area contributed by atoms with Crippen LogP contribution in [0.25, 0.3) is 11.1 Å². The lowest BCUT2D eigenvalue weighted by Gasteiger charge is -2.11. The fourth-order valence-corrected chi connectivity index (χ4v) is 1.89. The molecule has 0 aliphatic carbocycles. The van der Waals surface area contributed by atoms with Crippen molar-refractivity contribution in [2.75, 3.05) is 7.11 Å². The van der Waals surface area contributed by atoms with Gasteiger partial charge in [0.2, 0.25) is 0 Å². The normalized spacial score (nSPS) is 10.3. The van der Waals surface area contributed by atoms with E-state index in [4.69, 9.17) is 9.84 Å². The highest BCUT2D eigenvalue weighted by molar-refractivity contribution is 5.89. The second-order valence-corrected chi connectivity index (χ2v) is 4.20. The van der Waals surface area contributed by atoms with Crippen LogP contribution >= 0.6 is 0 Å². The van der Waals surface area contributed by atoms with Crippen LogP contribution < -0.4 is 4.74 Å². The van der Waals surface area contributed by atoms with Crippen molar-refractivity contribution in [3.63, 3.8) is 0 Å². The molecule has 3 nitrogen and oxygen atoms in total. The molecule has 2 aromatic carbocycles. The molecular weight excluding hydrogens is 247 g/mol. The van der Waals surface area contributed by atoms with Crippen molar-refractivity contribution in [3.8, 4) is 16.9 Å². The van der Waals surface area contributed by atoms with Crippen molar-refractivity contribution in [1.29, 1.82) is 0 Å². The zero-order valence-electron chi connectivity index (χ0n) is 10.6. The third kappa shape index (κ3) is 2.57. The smallest absolute Gasteiger partial charge is 0.335 e. The van der Waals surface area contributed by atoms with Crippen molar-refractivity contribution >= 4 is 5.97 Å². The molecule has 0 heterocycles. The number of aryl methyl sites for hydroxylation is 1. The molecule has 1 N–H and O–H groups in total. The molecular formula is C15H13FO3. The highest BCUT2D eigenvalue weighted by atomic mass is 19.1. The Morgan fingerprint density at radius 2 is 1.89 bits per heavy atom. The first-order chi connectivity index (χ1) is 9.02. The summed E-state index contributed by atoms with van der Waals surface area (Å²) in [5.74, 6) is -1.08. The van der Waals surface area contributed by atoms with Gasteiger partial charge < -0.3 is 9.84 Å². The molecule has 0 aliphatic rings. The van der Waals surface area contributed by atoms with Crippen LogP contribution in [0.15, 0.2) is 36.4 Å². The molecule has 19 heavy (non-hydrogen) atoms. The molecule has 0 saturated carbocycles. The number of ether oxygens (including phenoxy) is 1. The summed E-state index contributed by atoms with van der Waals surface area (Å²) >= 11 is 0. The molecule has 0 fully saturated rings. The van der Waals surface area contributed by atoms with Crippen LogP contribution in [0.1, 0.15) is 15.9 Å². The van der Waals surface area contributed by atoms with Gasteiger partial charge in [0.15, 0.2) is 0 Å². The lowest BCUT2D eigenvalue weighted by molar-refractivity contribution is 0.0696. The van der Waals surface area contributed by atoms with Crippen molar-refractivity contribution in [2.24, 2.45) is 0 Å². The SMILES string of the molecule is COc1cc(C(=O)O)ccc1-c1cc(C)ccc1F. The van der Waals surface area contributed by atoms with E-state index in [0.29, 0.717) is 16.9 Å². The number of rotatable bonds is 3. The first-order valence-corrected chi connectivity index (χ1v) is 5.71. The monoisotopic (exact) mass is 260 g/mol. The Hall–Kier alpha value is -2.36. The zero-order chi connectivity index (χ0) is 14.0. The zero-order valence-corrected chi connectivity index (χ0v) is 10.6. The summed E-state index contributed by atoms with van der Waals surface area (Å²) < 4.78 is 19.0. The number of halogens is 1. The third-order valence-electron chi connectivity index (χ3n) is 2.86. The number of carbonyl (C=O) groups is 1. The number of carboxylic acid groups (broad SMARTS) is 1. The van der Waals surface area contributed by atoms with Gasteiger partial charge in [0, 0.05) is 11.1 Å². The molecule has 4 heteroatoms. The average Bonchev–Trinajstić information content (AvgIpc) is 2.40. The number of methoxy groups -OCH3 is 1. The summed E-state index contributed by atoms with van der Waals surface area (Å²) in [6, 6.07) is 9.14. The Morgan fingerprint density at radius 3 is 2.53 bits per heavy atom. The van der Waals surface area contributed by atoms with E-state index in [2.05, 4.69) is 0 Å². The maximum absolute atomic E-state index is 13.9. The van der Waals surface area contributed by atoms with Gasteiger partial charge in [-0.3, -0.25) is 0 Å². The van der Waals surface area contributed by atoms with Gasteiger partial charge in [0.25, 0.3) is 0 Å². The maximum Gasteiger partial charge on any atom is 0.335 e. The van der Waals surface area contributed by atoms with E-state index in [1.165, 1.54) is 25.3 Å². The van der Waals surface area contributed by atoms with Crippen molar-refractivity contribution in [3.05, 3.63) is 53.3 Å². The third-order valence-corrected chi connectivity index (χ3v) is 2.86. The quantitative estimate of drug-likeness (QED) is 0.918. The summed E-state index contributed by atoms with van der Waals surface area (Å²) in [6.07, 6.45) is 0. The maximum atomic E-state index is 13.9. The number of hydrogen-bond donors (Lipinski definition) is 1. The van der Waals surface area contributed by atoms with Gasteiger partial charge in [-0.2, -0.15) is 0 Å². The Labute approximate surface area is 110 Å². The molecule has 98 valence electrons. The number of hydrogen-bond acceptors (Lipinski definition) is 2. The summed E-state index contributed by atoms with van der Waals surface area (Å²) in [6.45, 7) is 1.86. The van der Waals surface area contributed by atoms with Crippen LogP contribution in [-0.4, -0.2) is 18.2 Å². The van der Waals surface area contributed by atoms with Gasteiger partial charge in [-0.05, 0) is 37.3 Å². The van der Waals surface area contributed by atoms with Gasteiger partial charge >= 0.3 is 5.97 Å². The van der Waals surface area contributed by atoms with Gasteiger partial charge in [-0.15, -0.1) is 0 Å². The summed E-state index contributed by atoms with van der Waals surface area (Å²) in [5, 5.41) is 8.94. The van der Waals surface area contributed by atoms with Crippen LogP contribution in [-0.2, 0) is 0 Å². The lowest BCUT2D eigenvalue weighted by atomic mass is 10.0. The summed E-state index contributed by atoms with van der Waals surface area (Å²) in [5.41, 5.74) is 1.96. The van der Waals surface area contributed by atoms with Gasteiger partial charge in [0.1, 0.15) is 11.6 Å². The minimum Gasteiger partial charge on any atom is -0.496 e. The average molecular weight is 260 g/mol. The Bertz CT molecular complexity index is 635. The fraction of sp³-hybridized carbons (Fsp3) is 0.133. The second kappa shape index (κ2) is 5.10. The highest BCUT2D eigenvalue weighted by Gasteiger charge is 2.13. The predicted molar refractivity (Wildman–Crippen MR) is 70.1 cm³/mol. The minimum atomic E-state index is -1.05. The first kappa shape index (κ1) is 13.1. The minimum absolute atomic E-state index is 0.105. The van der Waals surface area contributed by atoms with E-state index in [1.807, 2.05) is 6.92 Å². The standard InChI is InChI=1S/C15H13FO3/c1-9-3-6-13(16)12(7-9)11-5-4-10(15(17)18)8-14(11)19-2/h3-8H,1-2H3,(H,17,18). The van der Waals surface area contributed by atoms with Crippen LogP contribution in [0.4, 0.5) is 4.39 Å². The summed E-state index contributed by atoms with van der Waals surface area (Å²) in [7, 11) is 1.43. The molecule has 0 bridgehead atoms. The number of carboxylic acids is 1. The van der Waals surface area contributed by atoms with Crippen LogP contribution in [0.5, 0.6) is 5.75 Å². The number of benzene rings is 2. The van der Waals surface area contributed by atoms with Gasteiger partial charge in [-0.1, -0.05) is 11.6 Å². The molecule has 0 aromatic heterocycles. The van der Waals surface area contributed by atoms with E-state index in [1.54, 1.807) is 18.2 Å². The van der Waals surface area contributed by atoms with E-state index in [-0.39, 0.29) is 11.4 Å². The van der Waals surface area contributed by atoms with E-state index >= 15 is 0 Å². The van der Waals surface area contributed by atoms with Crippen molar-refractivity contribution < 1.29 is 19.0 Å².